The van der Waals surface area contributed by atoms with Crippen LogP contribution in [0.2, 0.25) is 0 Å². The predicted molar refractivity (Wildman–Crippen MR) is 174 cm³/mol. The Hall–Kier alpha value is -2.80. The van der Waals surface area contributed by atoms with E-state index in [1.807, 2.05) is 30.3 Å². The maximum atomic E-state index is 13.1. The van der Waals surface area contributed by atoms with Crippen molar-refractivity contribution < 1.29 is 24.1 Å². The summed E-state index contributed by atoms with van der Waals surface area (Å²) in [5, 5.41) is 19.0. The highest BCUT2D eigenvalue weighted by molar-refractivity contribution is 7.22. The quantitative estimate of drug-likeness (QED) is 0.229. The standard InChI is InChI=1S/C33H47N5O5S/c1-22(2)18-38(19-24-10-11-26-30(17-24)44-32(35-26)34-13-14-37(3)4)20-28(39)27(16-23-8-6-5-7-9-23)36-33(40)43-29-21-42-31-25(29)12-15-41-31/h5-11,17,22,25,27-29,31,39H,12-16,18-21H2,1-4H3,(H,34,35)(H,36,40). The summed E-state index contributed by atoms with van der Waals surface area (Å²) in [6, 6.07) is 15.8. The molecule has 2 fully saturated rings. The van der Waals surface area contributed by atoms with Crippen LogP contribution in [0.3, 0.4) is 0 Å². The summed E-state index contributed by atoms with van der Waals surface area (Å²) in [6.45, 7) is 8.97. The van der Waals surface area contributed by atoms with Crippen molar-refractivity contribution in [1.29, 1.82) is 0 Å². The average molecular weight is 626 g/mol. The van der Waals surface area contributed by atoms with Gasteiger partial charge in [0.05, 0.1) is 41.5 Å². The molecule has 240 valence electrons. The summed E-state index contributed by atoms with van der Waals surface area (Å²) < 4.78 is 18.2. The van der Waals surface area contributed by atoms with Crippen molar-refractivity contribution in [1.82, 2.24) is 20.1 Å². The van der Waals surface area contributed by atoms with Gasteiger partial charge < -0.3 is 34.9 Å². The Morgan fingerprint density at radius 1 is 1.14 bits per heavy atom. The molecule has 0 spiro atoms. The van der Waals surface area contributed by atoms with E-state index >= 15 is 0 Å². The molecule has 3 aromatic rings. The number of rotatable bonds is 15. The van der Waals surface area contributed by atoms with Crippen LogP contribution in [0.15, 0.2) is 48.5 Å². The van der Waals surface area contributed by atoms with Gasteiger partial charge in [0.1, 0.15) is 6.10 Å². The molecule has 1 aromatic heterocycles. The van der Waals surface area contributed by atoms with Crippen molar-refractivity contribution in [2.45, 2.75) is 57.8 Å². The first-order valence-corrected chi connectivity index (χ1v) is 16.5. The monoisotopic (exact) mass is 625 g/mol. The molecule has 0 bridgehead atoms. The third-order valence-electron chi connectivity index (χ3n) is 8.07. The molecule has 5 unspecified atom stereocenters. The summed E-state index contributed by atoms with van der Waals surface area (Å²) in [6.07, 6.45) is -0.696. The minimum atomic E-state index is -0.816. The third-order valence-corrected chi connectivity index (χ3v) is 9.05. The van der Waals surface area contributed by atoms with Gasteiger partial charge in [0.25, 0.3) is 0 Å². The molecule has 0 saturated carbocycles. The van der Waals surface area contributed by atoms with Crippen LogP contribution in [0.25, 0.3) is 10.2 Å². The molecular formula is C33H47N5O5S. The van der Waals surface area contributed by atoms with Crippen LogP contribution in [0.4, 0.5) is 9.93 Å². The first kappa shape index (κ1) is 32.6. The zero-order chi connectivity index (χ0) is 31.1. The second-order valence-corrected chi connectivity index (χ2v) is 13.6. The van der Waals surface area contributed by atoms with Gasteiger partial charge in [0.15, 0.2) is 11.4 Å². The van der Waals surface area contributed by atoms with Gasteiger partial charge in [-0.25, -0.2) is 9.78 Å². The maximum Gasteiger partial charge on any atom is 0.407 e. The van der Waals surface area contributed by atoms with Crippen LogP contribution >= 0.6 is 11.3 Å². The van der Waals surface area contributed by atoms with Crippen molar-refractivity contribution in [2.24, 2.45) is 11.8 Å². The summed E-state index contributed by atoms with van der Waals surface area (Å²) in [5.41, 5.74) is 3.18. The number of carbonyl (C=O) groups is 1. The number of anilines is 1. The van der Waals surface area contributed by atoms with E-state index in [9.17, 15) is 9.90 Å². The van der Waals surface area contributed by atoms with Crippen molar-refractivity contribution in [2.75, 3.05) is 58.8 Å². The average Bonchev–Trinajstić information content (AvgIpc) is 3.70. The van der Waals surface area contributed by atoms with E-state index in [1.165, 1.54) is 0 Å². The van der Waals surface area contributed by atoms with Gasteiger partial charge in [-0.2, -0.15) is 0 Å². The van der Waals surface area contributed by atoms with Crippen molar-refractivity contribution in [3.63, 3.8) is 0 Å². The Morgan fingerprint density at radius 3 is 2.73 bits per heavy atom. The number of hydrogen-bond acceptors (Lipinski definition) is 10. The summed E-state index contributed by atoms with van der Waals surface area (Å²) in [4.78, 5) is 22.3. The fourth-order valence-electron chi connectivity index (χ4n) is 5.92. The van der Waals surface area contributed by atoms with E-state index in [0.29, 0.717) is 38.6 Å². The molecule has 5 rings (SSSR count). The molecule has 11 heteroatoms. The molecule has 2 aliphatic rings. The number of carbonyl (C=O) groups excluding carboxylic acids is 1. The smallest absolute Gasteiger partial charge is 0.407 e. The van der Waals surface area contributed by atoms with E-state index in [-0.39, 0.29) is 18.3 Å². The number of likely N-dealkylation sites (N-methyl/N-ethyl adjacent to an activating group) is 1. The van der Waals surface area contributed by atoms with E-state index in [4.69, 9.17) is 19.2 Å². The summed E-state index contributed by atoms with van der Waals surface area (Å²) in [7, 11) is 4.12. The number of hydrogen-bond donors (Lipinski definition) is 3. The lowest BCUT2D eigenvalue weighted by molar-refractivity contribution is -0.0907. The minimum absolute atomic E-state index is 0.0561. The maximum absolute atomic E-state index is 13.1. The van der Waals surface area contributed by atoms with Gasteiger partial charge in [-0.15, -0.1) is 0 Å². The first-order chi connectivity index (χ1) is 21.2. The van der Waals surface area contributed by atoms with Crippen LogP contribution in [0, 0.1) is 11.8 Å². The van der Waals surface area contributed by atoms with Crippen molar-refractivity contribution >= 4 is 32.8 Å². The molecule has 0 aliphatic carbocycles. The number of nitrogens with one attached hydrogen (secondary N) is 2. The molecule has 2 saturated heterocycles. The minimum Gasteiger partial charge on any atom is -0.443 e. The van der Waals surface area contributed by atoms with Crippen LogP contribution in [-0.4, -0.2) is 104 Å². The molecule has 44 heavy (non-hydrogen) atoms. The molecule has 5 atom stereocenters. The fourth-order valence-corrected chi connectivity index (χ4v) is 6.88. The molecule has 3 N–H and O–H groups in total. The number of aromatic nitrogens is 1. The number of amides is 1. The van der Waals surface area contributed by atoms with Gasteiger partial charge in [-0.3, -0.25) is 4.90 Å². The number of ether oxygens (including phenoxy) is 3. The summed E-state index contributed by atoms with van der Waals surface area (Å²) in [5.74, 6) is 0.455. The lowest BCUT2D eigenvalue weighted by Crippen LogP contribution is -2.50. The van der Waals surface area contributed by atoms with Crippen LogP contribution in [0.5, 0.6) is 0 Å². The van der Waals surface area contributed by atoms with Crippen LogP contribution in [-0.2, 0) is 27.2 Å². The first-order valence-electron chi connectivity index (χ1n) is 15.7. The molecule has 2 aromatic carbocycles. The Morgan fingerprint density at radius 2 is 1.95 bits per heavy atom. The van der Waals surface area contributed by atoms with Crippen molar-refractivity contribution in [3.8, 4) is 0 Å². The predicted octanol–water partition coefficient (Wildman–Crippen LogP) is 4.19. The molecule has 10 nitrogen and oxygen atoms in total. The lowest BCUT2D eigenvalue weighted by atomic mass is 10.00. The highest BCUT2D eigenvalue weighted by Crippen LogP contribution is 2.33. The van der Waals surface area contributed by atoms with Gasteiger partial charge in [0, 0.05) is 32.7 Å². The van der Waals surface area contributed by atoms with Gasteiger partial charge in [-0.1, -0.05) is 61.6 Å². The topological polar surface area (TPSA) is 108 Å². The van der Waals surface area contributed by atoms with Gasteiger partial charge in [0.2, 0.25) is 0 Å². The second-order valence-electron chi connectivity index (χ2n) is 12.6. The van der Waals surface area contributed by atoms with E-state index in [1.54, 1.807) is 11.3 Å². The van der Waals surface area contributed by atoms with Gasteiger partial charge in [-0.05, 0) is 56.1 Å². The number of fused-ring (bicyclic) bond motifs is 2. The number of thiazole rings is 1. The molecule has 1 amide bonds. The number of nitrogens with zero attached hydrogens (tertiary/aromatic N) is 3. The molecule has 3 heterocycles. The molecule has 2 aliphatic heterocycles. The fraction of sp³-hybridized carbons (Fsp3) is 0.576. The Kier molecular flexibility index (Phi) is 11.5. The number of aliphatic hydroxyl groups is 1. The van der Waals surface area contributed by atoms with E-state index in [2.05, 4.69) is 66.6 Å². The number of benzene rings is 2. The zero-order valence-electron chi connectivity index (χ0n) is 26.3. The Bertz CT molecular complexity index is 1340. The highest BCUT2D eigenvalue weighted by Gasteiger charge is 2.44. The zero-order valence-corrected chi connectivity index (χ0v) is 27.1. The van der Waals surface area contributed by atoms with Crippen LogP contribution in [0.1, 0.15) is 31.4 Å². The summed E-state index contributed by atoms with van der Waals surface area (Å²) >= 11 is 1.66. The largest absolute Gasteiger partial charge is 0.443 e. The molecular weight excluding hydrogens is 578 g/mol. The van der Waals surface area contributed by atoms with E-state index < -0.39 is 18.2 Å². The SMILES string of the molecule is CC(C)CN(Cc1ccc2nc(NCCN(C)C)sc2c1)CC(O)C(Cc1ccccc1)NC(=O)OC1COC2OCCC12. The van der Waals surface area contributed by atoms with Crippen LogP contribution < -0.4 is 10.6 Å². The number of aliphatic hydroxyl groups excluding tert-OH is 1. The third kappa shape index (κ3) is 9.12. The van der Waals surface area contributed by atoms with Crippen molar-refractivity contribution in [3.05, 3.63) is 59.7 Å². The number of alkyl carbamates (subject to hydrolysis) is 1. The van der Waals surface area contributed by atoms with Gasteiger partial charge >= 0.3 is 6.09 Å². The lowest BCUT2D eigenvalue weighted by Gasteiger charge is -2.31. The molecule has 0 radical (unpaired) electrons. The second kappa shape index (κ2) is 15.5. The highest BCUT2D eigenvalue weighted by atomic mass is 32.1. The Balaban J connectivity index is 1.25. The van der Waals surface area contributed by atoms with E-state index in [0.717, 1.165) is 52.5 Å². The Labute approximate surface area is 264 Å². The normalized spacial score (nSPS) is 21.2.